The van der Waals surface area contributed by atoms with Crippen LogP contribution < -0.4 is 16.4 Å². The van der Waals surface area contributed by atoms with Crippen molar-refractivity contribution in [3.63, 3.8) is 0 Å². The first-order valence-corrected chi connectivity index (χ1v) is 11.8. The SMILES string of the molecule is N/C=C(\C=NCc1ccccc1)c1c[nH]c2ncc(-c3cccc(NC(=O)C4CCCN4)c3)cc12. The van der Waals surface area contributed by atoms with Crippen LogP contribution in [0.1, 0.15) is 24.0 Å². The Labute approximate surface area is 204 Å². The third kappa shape index (κ3) is 5.15. The van der Waals surface area contributed by atoms with Crippen LogP contribution in [0.25, 0.3) is 27.7 Å². The summed E-state index contributed by atoms with van der Waals surface area (Å²) in [5.74, 6) is 0.00802. The number of aromatic amines is 1. The number of nitrogens with two attached hydrogens (primary N) is 1. The number of benzene rings is 2. The van der Waals surface area contributed by atoms with E-state index in [1.807, 2.05) is 67.0 Å². The van der Waals surface area contributed by atoms with E-state index in [-0.39, 0.29) is 11.9 Å². The summed E-state index contributed by atoms with van der Waals surface area (Å²) in [6.45, 7) is 1.47. The van der Waals surface area contributed by atoms with Gasteiger partial charge in [0, 0.05) is 52.6 Å². The Balaban J connectivity index is 1.38. The lowest BCUT2D eigenvalue weighted by Crippen LogP contribution is -2.35. The van der Waals surface area contributed by atoms with Crippen molar-refractivity contribution in [1.82, 2.24) is 15.3 Å². The highest BCUT2D eigenvalue weighted by molar-refractivity contribution is 6.14. The quantitative estimate of drug-likeness (QED) is 0.302. The van der Waals surface area contributed by atoms with E-state index < -0.39 is 0 Å². The number of hydrogen-bond donors (Lipinski definition) is 4. The lowest BCUT2D eigenvalue weighted by molar-refractivity contribution is -0.117. The second-order valence-corrected chi connectivity index (χ2v) is 8.62. The molecule has 5 rings (SSSR count). The van der Waals surface area contributed by atoms with Crippen molar-refractivity contribution in [3.8, 4) is 11.1 Å². The summed E-state index contributed by atoms with van der Waals surface area (Å²) in [6, 6.07) is 19.9. The molecule has 1 aliphatic heterocycles. The van der Waals surface area contributed by atoms with Gasteiger partial charge in [0.05, 0.1) is 12.6 Å². The Hall–Kier alpha value is -4.23. The number of amides is 1. The van der Waals surface area contributed by atoms with E-state index >= 15 is 0 Å². The van der Waals surface area contributed by atoms with Gasteiger partial charge >= 0.3 is 0 Å². The van der Waals surface area contributed by atoms with Gasteiger partial charge in [-0.15, -0.1) is 0 Å². The first-order chi connectivity index (χ1) is 17.2. The highest BCUT2D eigenvalue weighted by Gasteiger charge is 2.22. The number of aromatic nitrogens is 2. The van der Waals surface area contributed by atoms with E-state index in [2.05, 4.69) is 31.7 Å². The zero-order valence-corrected chi connectivity index (χ0v) is 19.4. The van der Waals surface area contributed by atoms with Gasteiger partial charge in [-0.3, -0.25) is 9.79 Å². The molecule has 0 radical (unpaired) electrons. The lowest BCUT2D eigenvalue weighted by Gasteiger charge is -2.12. The van der Waals surface area contributed by atoms with Crippen LogP contribution in [0, 0.1) is 0 Å². The summed E-state index contributed by atoms with van der Waals surface area (Å²) in [5, 5.41) is 7.22. The maximum atomic E-state index is 12.5. The number of aliphatic imine (C=N–C) groups is 1. The monoisotopic (exact) mass is 464 g/mol. The van der Waals surface area contributed by atoms with Crippen LogP contribution in [0.5, 0.6) is 0 Å². The van der Waals surface area contributed by atoms with E-state index in [9.17, 15) is 4.79 Å². The number of fused-ring (bicyclic) bond motifs is 1. The molecular weight excluding hydrogens is 436 g/mol. The van der Waals surface area contributed by atoms with Crippen LogP contribution >= 0.6 is 0 Å². The van der Waals surface area contributed by atoms with Crippen LogP contribution in [0.2, 0.25) is 0 Å². The molecule has 4 aromatic rings. The van der Waals surface area contributed by atoms with Gasteiger partial charge in [0.15, 0.2) is 0 Å². The highest BCUT2D eigenvalue weighted by Crippen LogP contribution is 2.29. The van der Waals surface area contributed by atoms with Gasteiger partial charge < -0.3 is 21.4 Å². The van der Waals surface area contributed by atoms with Gasteiger partial charge in [-0.1, -0.05) is 42.5 Å². The molecule has 2 aromatic heterocycles. The number of nitrogens with one attached hydrogen (secondary N) is 3. The molecule has 3 heterocycles. The number of pyridine rings is 1. The third-order valence-electron chi connectivity index (χ3n) is 6.21. The van der Waals surface area contributed by atoms with Crippen molar-refractivity contribution < 1.29 is 4.79 Å². The Kier molecular flexibility index (Phi) is 6.68. The number of carbonyl (C=O) groups is 1. The smallest absolute Gasteiger partial charge is 0.241 e. The van der Waals surface area contributed by atoms with Gasteiger partial charge in [-0.25, -0.2) is 4.98 Å². The van der Waals surface area contributed by atoms with E-state index in [0.717, 1.165) is 63.9 Å². The van der Waals surface area contributed by atoms with Gasteiger partial charge in [-0.05, 0) is 48.7 Å². The third-order valence-corrected chi connectivity index (χ3v) is 6.21. The summed E-state index contributed by atoms with van der Waals surface area (Å²) in [6.07, 6.45) is 9.00. The lowest BCUT2D eigenvalue weighted by atomic mass is 10.0. The topological polar surface area (TPSA) is 108 Å². The van der Waals surface area contributed by atoms with Crippen LogP contribution in [-0.2, 0) is 11.3 Å². The molecule has 7 nitrogen and oxygen atoms in total. The largest absolute Gasteiger partial charge is 0.404 e. The fourth-order valence-corrected chi connectivity index (χ4v) is 4.35. The molecular formula is C28H28N6O. The van der Waals surface area contributed by atoms with E-state index in [4.69, 9.17) is 5.73 Å². The van der Waals surface area contributed by atoms with Gasteiger partial charge in [0.1, 0.15) is 5.65 Å². The average molecular weight is 465 g/mol. The predicted molar refractivity (Wildman–Crippen MR) is 142 cm³/mol. The summed E-state index contributed by atoms with van der Waals surface area (Å²) >= 11 is 0. The molecule has 0 aliphatic carbocycles. The molecule has 7 heteroatoms. The number of H-pyrrole nitrogens is 1. The minimum absolute atomic E-state index is 0.00802. The molecule has 0 bridgehead atoms. The van der Waals surface area contributed by atoms with Crippen LogP contribution in [0.15, 0.2) is 84.2 Å². The van der Waals surface area contributed by atoms with Crippen molar-refractivity contribution in [2.24, 2.45) is 10.7 Å². The average Bonchev–Trinajstić information content (AvgIpc) is 3.58. The molecule has 1 atom stereocenters. The van der Waals surface area contributed by atoms with E-state index in [1.165, 1.54) is 0 Å². The normalized spacial score (nSPS) is 16.2. The highest BCUT2D eigenvalue weighted by atomic mass is 16.2. The summed E-state index contributed by atoms with van der Waals surface area (Å²) in [5.41, 5.74) is 12.3. The van der Waals surface area contributed by atoms with Gasteiger partial charge in [0.25, 0.3) is 0 Å². The van der Waals surface area contributed by atoms with Crippen molar-refractivity contribution in [2.75, 3.05) is 11.9 Å². The van der Waals surface area contributed by atoms with Crippen molar-refractivity contribution in [3.05, 3.63) is 90.4 Å². The molecule has 1 unspecified atom stereocenters. The summed E-state index contributed by atoms with van der Waals surface area (Å²) in [4.78, 5) is 24.9. The van der Waals surface area contributed by atoms with Crippen molar-refractivity contribution in [1.29, 1.82) is 0 Å². The first kappa shape index (κ1) is 22.6. The minimum Gasteiger partial charge on any atom is -0.404 e. The summed E-state index contributed by atoms with van der Waals surface area (Å²) < 4.78 is 0. The van der Waals surface area contributed by atoms with Gasteiger partial charge in [-0.2, -0.15) is 0 Å². The zero-order valence-electron chi connectivity index (χ0n) is 19.4. The molecule has 1 amide bonds. The number of rotatable bonds is 7. The maximum absolute atomic E-state index is 12.5. The summed E-state index contributed by atoms with van der Waals surface area (Å²) in [7, 11) is 0. The molecule has 5 N–H and O–H groups in total. The Bertz CT molecular complexity index is 1380. The maximum Gasteiger partial charge on any atom is 0.241 e. The first-order valence-electron chi connectivity index (χ1n) is 11.8. The number of carbonyl (C=O) groups excluding carboxylic acids is 1. The van der Waals surface area contributed by atoms with Crippen LogP contribution in [-0.4, -0.2) is 34.7 Å². The van der Waals surface area contributed by atoms with Crippen LogP contribution in [0.4, 0.5) is 5.69 Å². The zero-order chi connectivity index (χ0) is 24.0. The molecule has 0 spiro atoms. The molecule has 0 saturated carbocycles. The van der Waals surface area contributed by atoms with Crippen LogP contribution in [0.3, 0.4) is 0 Å². The Morgan fingerprint density at radius 2 is 2.03 bits per heavy atom. The molecule has 1 aliphatic rings. The molecule has 1 saturated heterocycles. The second-order valence-electron chi connectivity index (χ2n) is 8.62. The fraction of sp³-hybridized carbons (Fsp3) is 0.179. The number of hydrogen-bond acceptors (Lipinski definition) is 5. The second kappa shape index (κ2) is 10.4. The van der Waals surface area contributed by atoms with Gasteiger partial charge in [0.2, 0.25) is 5.91 Å². The number of anilines is 1. The molecule has 2 aromatic carbocycles. The Morgan fingerprint density at radius 3 is 2.83 bits per heavy atom. The van der Waals surface area contributed by atoms with Crippen molar-refractivity contribution >= 4 is 34.4 Å². The van der Waals surface area contributed by atoms with Crippen molar-refractivity contribution in [2.45, 2.75) is 25.4 Å². The predicted octanol–water partition coefficient (Wildman–Crippen LogP) is 4.49. The molecule has 176 valence electrons. The Morgan fingerprint density at radius 1 is 1.14 bits per heavy atom. The minimum atomic E-state index is -0.121. The van der Waals surface area contributed by atoms with E-state index in [1.54, 1.807) is 12.4 Å². The molecule has 35 heavy (non-hydrogen) atoms. The van der Waals surface area contributed by atoms with E-state index in [0.29, 0.717) is 6.54 Å². The number of nitrogens with zero attached hydrogens (tertiary/aromatic N) is 2. The number of allylic oxidation sites excluding steroid dienone is 1. The standard InChI is InChI=1S/C28H28N6O/c29-14-22(16-30-15-19-6-2-1-3-7-19)25-18-33-27-24(25)13-21(17-32-27)20-8-4-9-23(12-20)34-28(35)26-10-5-11-31-26/h1-4,6-9,12-14,16-18,26,31H,5,10-11,15,29H2,(H,32,33)(H,34,35)/b22-14+,30-16?. The molecule has 1 fully saturated rings. The fourth-order valence-electron chi connectivity index (χ4n) is 4.35.